The predicted molar refractivity (Wildman–Crippen MR) is 223 cm³/mol. The number of ether oxygens (including phenoxy) is 2. The van der Waals surface area contributed by atoms with Gasteiger partial charge in [0.05, 0.1) is 23.9 Å². The van der Waals surface area contributed by atoms with Crippen LogP contribution in [0.5, 0.6) is 5.75 Å². The third-order valence-corrected chi connectivity index (χ3v) is 9.77. The average molecular weight is 799 g/mol. The number of hydrogen-bond acceptors (Lipinski definition) is 10. The summed E-state index contributed by atoms with van der Waals surface area (Å²) in [7, 11) is -1.38. The van der Waals surface area contributed by atoms with E-state index in [4.69, 9.17) is 41.7 Å². The van der Waals surface area contributed by atoms with Gasteiger partial charge in [-0.25, -0.2) is 4.79 Å². The fourth-order valence-electron chi connectivity index (χ4n) is 4.13. The highest BCUT2D eigenvalue weighted by Crippen LogP contribution is 2.40. The Morgan fingerprint density at radius 3 is 2.46 bits per heavy atom. The van der Waals surface area contributed by atoms with E-state index in [-0.39, 0.29) is 12.5 Å². The zero-order chi connectivity index (χ0) is 39.1. The van der Waals surface area contributed by atoms with Crippen molar-refractivity contribution in [2.24, 2.45) is 10.9 Å². The van der Waals surface area contributed by atoms with Crippen molar-refractivity contribution in [1.29, 1.82) is 0 Å². The van der Waals surface area contributed by atoms with E-state index >= 15 is 0 Å². The number of benzene rings is 1. The normalized spacial score (nSPS) is 13.8. The lowest BCUT2D eigenvalue weighted by Crippen LogP contribution is -2.29. The van der Waals surface area contributed by atoms with Crippen molar-refractivity contribution in [3.8, 4) is 5.75 Å². The zero-order valence-corrected chi connectivity index (χ0v) is 35.0. The number of rotatable bonds is 27. The minimum atomic E-state index is -1.38. The Labute approximate surface area is 328 Å². The van der Waals surface area contributed by atoms with E-state index in [2.05, 4.69) is 60.6 Å². The lowest BCUT2D eigenvalue weighted by molar-refractivity contribution is -0.150. The van der Waals surface area contributed by atoms with Crippen LogP contribution in [0.25, 0.3) is 0 Å². The Kier molecular flexibility index (Phi) is 29.9. The van der Waals surface area contributed by atoms with Crippen LogP contribution in [-0.4, -0.2) is 81.6 Å². The highest BCUT2D eigenvalue weighted by molar-refractivity contribution is 8.06. The van der Waals surface area contributed by atoms with Crippen molar-refractivity contribution < 1.29 is 28.1 Å². The molecule has 1 N–H and O–H groups in total. The third kappa shape index (κ3) is 21.6. The minimum Gasteiger partial charge on any atom is -0.466 e. The van der Waals surface area contributed by atoms with Crippen LogP contribution in [0.2, 0.25) is 0 Å². The van der Waals surface area contributed by atoms with Gasteiger partial charge in [0.15, 0.2) is 6.10 Å². The maximum absolute atomic E-state index is 12.2. The Bertz CT molecular complexity index is 1340. The van der Waals surface area contributed by atoms with Crippen LogP contribution in [-0.2, 0) is 23.6 Å². The molecule has 1 aromatic carbocycles. The molecule has 0 saturated heterocycles. The van der Waals surface area contributed by atoms with E-state index in [9.17, 15) is 9.59 Å². The van der Waals surface area contributed by atoms with Crippen LogP contribution in [0.4, 0.5) is 0 Å². The molecule has 0 radical (unpaired) electrons. The Balaban J connectivity index is 0.0000128. The topological polar surface area (TPSA) is 98.7 Å². The fraction of sp³-hybridized carbons (Fsp3) is 0.462. The van der Waals surface area contributed by atoms with E-state index in [0.717, 1.165) is 34.2 Å². The van der Waals surface area contributed by atoms with Gasteiger partial charge in [0, 0.05) is 35.1 Å². The van der Waals surface area contributed by atoms with Gasteiger partial charge in [-0.05, 0) is 70.2 Å². The van der Waals surface area contributed by atoms with Crippen LogP contribution >= 0.6 is 43.3 Å². The summed E-state index contributed by atoms with van der Waals surface area (Å²) in [6.45, 7) is 24.4. The Morgan fingerprint density at radius 1 is 1.17 bits per heavy atom. The van der Waals surface area contributed by atoms with Crippen LogP contribution in [0.15, 0.2) is 105 Å². The van der Waals surface area contributed by atoms with Crippen molar-refractivity contribution in [3.63, 3.8) is 0 Å². The summed E-state index contributed by atoms with van der Waals surface area (Å²) in [4.78, 5) is 30.5. The number of carbonyl (C=O) groups excluding carboxylic acids is 2. The number of hydrogen-bond donors (Lipinski definition) is 1. The molecular formula is C39H58Cl2N3O6PS. The fourth-order valence-corrected chi connectivity index (χ4v) is 7.21. The first-order valence-corrected chi connectivity index (χ1v) is 20.5. The monoisotopic (exact) mass is 797 g/mol. The number of allylic oxidation sites excluding steroid dienone is 6. The number of thioether (sulfide) groups is 1. The summed E-state index contributed by atoms with van der Waals surface area (Å²) in [6, 6.07) is 9.42. The van der Waals surface area contributed by atoms with Crippen LogP contribution < -0.4 is 9.84 Å². The molecule has 1 aromatic rings. The SMILES string of the molecule is C=C/C(Cl)=C\C(=C/CCl)S/C(=C(/N=C)C(C)C)N(CCOC=O)CC(/C=C\CCNCCP(Oc1ccccc1)OC(C)C(=O)OCC)=C/C.CC. The van der Waals surface area contributed by atoms with Gasteiger partial charge in [-0.3, -0.25) is 9.79 Å². The van der Waals surface area contributed by atoms with Gasteiger partial charge in [0.1, 0.15) is 12.4 Å². The molecule has 2 atom stereocenters. The number of halogens is 2. The standard InChI is InChI=1S/C37H52Cl2N3O6PS.C2H6/c1-8-31(16-14-15-21-41-22-25-49(47-30(6)37(44)46-10-3)48-33-17-12-11-13-18-33)27-42(23-24-45-28-43)36(35(40-7)29(4)5)50-34(19-20-38)26-32(39)9-2;1-2/h8-9,11-14,16-19,26,28-30,41H,2,7,10,15,20-25,27H2,1,3-6H3;1-2H3/b16-14-,31-8+,32-26+,34-19+,36-35+;. The van der Waals surface area contributed by atoms with Crippen molar-refractivity contribution in [1.82, 2.24) is 10.2 Å². The van der Waals surface area contributed by atoms with Gasteiger partial charge in [0.25, 0.3) is 6.47 Å². The van der Waals surface area contributed by atoms with E-state index in [0.29, 0.717) is 55.5 Å². The summed E-state index contributed by atoms with van der Waals surface area (Å²) in [5, 5.41) is 4.78. The van der Waals surface area contributed by atoms with Gasteiger partial charge in [0.2, 0.25) is 8.38 Å². The number of esters is 1. The molecule has 9 nitrogen and oxygen atoms in total. The second-order valence-corrected chi connectivity index (χ2v) is 14.1. The zero-order valence-electron chi connectivity index (χ0n) is 31.8. The largest absolute Gasteiger partial charge is 0.466 e. The second kappa shape index (κ2) is 31.7. The van der Waals surface area contributed by atoms with Gasteiger partial charge in [-0.1, -0.05) is 106 Å². The molecule has 0 aromatic heterocycles. The number of para-hydroxylation sites is 1. The van der Waals surface area contributed by atoms with Crippen molar-refractivity contribution >= 4 is 62.5 Å². The lowest BCUT2D eigenvalue weighted by atomic mass is 10.1. The maximum atomic E-state index is 12.2. The van der Waals surface area contributed by atoms with Gasteiger partial charge in [-0.2, -0.15) is 0 Å². The molecule has 1 rings (SSSR count). The first-order chi connectivity index (χ1) is 25.1. The molecule has 2 unspecified atom stereocenters. The summed E-state index contributed by atoms with van der Waals surface area (Å²) in [5.74, 6) is 0.632. The predicted octanol–water partition coefficient (Wildman–Crippen LogP) is 10.0. The first kappa shape index (κ1) is 49.1. The molecule has 0 aliphatic rings. The van der Waals surface area contributed by atoms with Crippen LogP contribution in [0.1, 0.15) is 54.9 Å². The minimum absolute atomic E-state index is 0.0640. The van der Waals surface area contributed by atoms with Crippen LogP contribution in [0.3, 0.4) is 0 Å². The summed E-state index contributed by atoms with van der Waals surface area (Å²) >= 11 is 13.9. The maximum Gasteiger partial charge on any atom is 0.335 e. The van der Waals surface area contributed by atoms with Gasteiger partial charge >= 0.3 is 5.97 Å². The highest BCUT2D eigenvalue weighted by atomic mass is 35.5. The van der Waals surface area contributed by atoms with E-state index < -0.39 is 20.4 Å². The Hall–Kier alpha value is -2.85. The number of carbonyl (C=O) groups is 2. The first-order valence-electron chi connectivity index (χ1n) is 17.4. The molecule has 0 fully saturated rings. The molecule has 290 valence electrons. The number of nitrogens with one attached hydrogen (secondary N) is 1. The summed E-state index contributed by atoms with van der Waals surface area (Å²) < 4.78 is 22.2. The van der Waals surface area contributed by atoms with E-state index in [1.54, 1.807) is 26.0 Å². The Morgan fingerprint density at radius 2 is 1.88 bits per heavy atom. The van der Waals surface area contributed by atoms with Crippen molar-refractivity contribution in [2.45, 2.75) is 61.0 Å². The molecule has 0 aliphatic carbocycles. The quantitative estimate of drug-likeness (QED) is 0.0177. The molecule has 52 heavy (non-hydrogen) atoms. The third-order valence-electron chi connectivity index (χ3n) is 6.62. The molecule has 0 spiro atoms. The lowest BCUT2D eigenvalue weighted by Gasteiger charge is -2.30. The van der Waals surface area contributed by atoms with E-state index in [1.807, 2.05) is 57.2 Å². The number of aliphatic imine (C=N–C) groups is 1. The van der Waals surface area contributed by atoms with Crippen molar-refractivity contribution in [2.75, 3.05) is 51.4 Å². The molecule has 0 amide bonds. The van der Waals surface area contributed by atoms with Crippen molar-refractivity contribution in [3.05, 3.63) is 99.6 Å². The molecule has 0 heterocycles. The van der Waals surface area contributed by atoms with Gasteiger partial charge < -0.3 is 28.7 Å². The molecular weight excluding hydrogens is 740 g/mol. The van der Waals surface area contributed by atoms with Crippen LogP contribution in [0, 0.1) is 5.92 Å². The summed E-state index contributed by atoms with van der Waals surface area (Å²) in [5.41, 5.74) is 1.86. The molecule has 13 heteroatoms. The number of nitrogens with zero attached hydrogens (tertiary/aromatic N) is 2. The molecule has 0 aliphatic heterocycles. The molecule has 0 saturated carbocycles. The van der Waals surface area contributed by atoms with Gasteiger partial charge in [-0.15, -0.1) is 11.6 Å². The smallest absolute Gasteiger partial charge is 0.335 e. The average Bonchev–Trinajstić information content (AvgIpc) is 3.14. The molecule has 0 bridgehead atoms. The second-order valence-electron chi connectivity index (χ2n) is 10.8. The number of alkyl halides is 1. The highest BCUT2D eigenvalue weighted by Gasteiger charge is 2.23. The summed E-state index contributed by atoms with van der Waals surface area (Å²) in [6.07, 6.45) is 12.1. The van der Waals surface area contributed by atoms with E-state index in [1.165, 1.54) is 11.8 Å².